The molecule has 0 aliphatic heterocycles. The molecule has 0 unspecified atom stereocenters. The minimum absolute atomic E-state index is 0.220. The molecule has 0 radical (unpaired) electrons. The number of hydrogen-bond acceptors (Lipinski definition) is 2. The summed E-state index contributed by atoms with van der Waals surface area (Å²) in [6.07, 6.45) is -1.37. The summed E-state index contributed by atoms with van der Waals surface area (Å²) in [7, 11) is 0. The van der Waals surface area contributed by atoms with Crippen LogP contribution in [0.4, 0.5) is 18.9 Å². The normalized spacial score (nSPS) is 14.7. The number of nitrogens with zero attached hydrogens (tertiary/aromatic N) is 2. The number of benzene rings is 1. The average Bonchev–Trinajstić information content (AvgIpc) is 2.74. The Morgan fingerprint density at radius 1 is 1.15 bits per heavy atom. The van der Waals surface area contributed by atoms with Gasteiger partial charge in [0, 0.05) is 16.9 Å². The van der Waals surface area contributed by atoms with Gasteiger partial charge in [-0.1, -0.05) is 29.6 Å². The zero-order valence-electron chi connectivity index (χ0n) is 13.7. The molecule has 0 saturated heterocycles. The Morgan fingerprint density at radius 2 is 1.88 bits per heavy atom. The van der Waals surface area contributed by atoms with Crippen LogP contribution in [0, 0.1) is 0 Å². The molecule has 1 amide bonds. The second-order valence-corrected chi connectivity index (χ2v) is 6.98. The lowest BCUT2D eigenvalue weighted by molar-refractivity contribution is -0.142. The molecule has 140 valence electrons. The van der Waals surface area contributed by atoms with E-state index in [-0.39, 0.29) is 17.1 Å². The number of nitrogens with one attached hydrogen (secondary N) is 1. The maximum atomic E-state index is 13.3. The summed E-state index contributed by atoms with van der Waals surface area (Å²) in [4.78, 5) is 12.3. The minimum atomic E-state index is -4.53. The summed E-state index contributed by atoms with van der Waals surface area (Å²) in [6.45, 7) is -0.293. The molecule has 0 fully saturated rings. The smallest absolute Gasteiger partial charge is 0.324 e. The number of carbonyl (C=O) groups excluding carboxylic acids is 1. The molecule has 1 aromatic carbocycles. The van der Waals surface area contributed by atoms with Crippen LogP contribution in [0.15, 0.2) is 18.2 Å². The summed E-state index contributed by atoms with van der Waals surface area (Å²) in [5, 5.41) is 6.93. The molecule has 1 aliphatic carbocycles. The monoisotopic (exact) mass is 405 g/mol. The fraction of sp³-hybridized carbons (Fsp3) is 0.412. The fourth-order valence-corrected chi connectivity index (χ4v) is 3.41. The lowest BCUT2D eigenvalue weighted by atomic mass is 10.1. The summed E-state index contributed by atoms with van der Waals surface area (Å²) >= 11 is 11.7. The van der Waals surface area contributed by atoms with Crippen molar-refractivity contribution in [2.75, 3.05) is 5.32 Å². The van der Waals surface area contributed by atoms with Gasteiger partial charge in [-0.15, -0.1) is 0 Å². The SMILES string of the molecule is O=C(Cn1nc(C(F)(F)F)c2c1CCCCC2)Nc1ccc(Cl)c(Cl)c1. The van der Waals surface area contributed by atoms with E-state index in [1.54, 1.807) is 6.07 Å². The van der Waals surface area contributed by atoms with Gasteiger partial charge < -0.3 is 5.32 Å². The Morgan fingerprint density at radius 3 is 2.58 bits per heavy atom. The van der Waals surface area contributed by atoms with E-state index in [1.165, 1.54) is 16.8 Å². The first-order valence-electron chi connectivity index (χ1n) is 8.16. The lowest BCUT2D eigenvalue weighted by Gasteiger charge is -2.09. The van der Waals surface area contributed by atoms with Crippen LogP contribution in [-0.4, -0.2) is 15.7 Å². The van der Waals surface area contributed by atoms with Crippen LogP contribution in [0.1, 0.15) is 36.2 Å². The summed E-state index contributed by atoms with van der Waals surface area (Å²) in [5.74, 6) is -0.480. The second kappa shape index (κ2) is 7.48. The number of halogens is 5. The molecule has 2 aromatic rings. The first-order valence-corrected chi connectivity index (χ1v) is 8.92. The van der Waals surface area contributed by atoms with Crippen LogP contribution in [-0.2, 0) is 30.4 Å². The summed E-state index contributed by atoms with van der Waals surface area (Å²) in [6, 6.07) is 4.57. The molecule has 0 spiro atoms. The van der Waals surface area contributed by atoms with Gasteiger partial charge in [-0.2, -0.15) is 18.3 Å². The van der Waals surface area contributed by atoms with Crippen molar-refractivity contribution in [2.24, 2.45) is 0 Å². The number of carbonyl (C=O) groups is 1. The molecule has 0 atom stereocenters. The van der Waals surface area contributed by atoms with Crippen LogP contribution < -0.4 is 5.32 Å². The molecule has 0 saturated carbocycles. The Bertz CT molecular complexity index is 833. The van der Waals surface area contributed by atoms with Gasteiger partial charge in [-0.25, -0.2) is 0 Å². The van der Waals surface area contributed by atoms with Crippen molar-refractivity contribution in [1.29, 1.82) is 0 Å². The van der Waals surface area contributed by atoms with Crippen LogP contribution in [0.25, 0.3) is 0 Å². The third kappa shape index (κ3) is 4.15. The zero-order valence-corrected chi connectivity index (χ0v) is 15.2. The van der Waals surface area contributed by atoms with Crippen LogP contribution >= 0.6 is 23.2 Å². The first kappa shape index (κ1) is 19.0. The highest BCUT2D eigenvalue weighted by Gasteiger charge is 2.39. The number of fused-ring (bicyclic) bond motifs is 1. The van der Waals surface area contributed by atoms with Gasteiger partial charge in [0.1, 0.15) is 6.54 Å². The molecule has 0 bridgehead atoms. The number of alkyl halides is 3. The van der Waals surface area contributed by atoms with Gasteiger partial charge in [0.25, 0.3) is 0 Å². The quantitative estimate of drug-likeness (QED) is 0.720. The molecular formula is C17H16Cl2F3N3O. The lowest BCUT2D eigenvalue weighted by Crippen LogP contribution is -2.21. The Balaban J connectivity index is 1.83. The van der Waals surface area contributed by atoms with E-state index in [1.807, 2.05) is 0 Å². The van der Waals surface area contributed by atoms with Crippen LogP contribution in [0.5, 0.6) is 0 Å². The van der Waals surface area contributed by atoms with Crippen LogP contribution in [0.3, 0.4) is 0 Å². The third-order valence-corrected chi connectivity index (χ3v) is 5.01. The van der Waals surface area contributed by atoms with Crippen molar-refractivity contribution in [3.8, 4) is 0 Å². The van der Waals surface area contributed by atoms with Crippen molar-refractivity contribution < 1.29 is 18.0 Å². The molecule has 4 nitrogen and oxygen atoms in total. The van der Waals surface area contributed by atoms with E-state index in [0.717, 1.165) is 12.8 Å². The van der Waals surface area contributed by atoms with E-state index in [4.69, 9.17) is 23.2 Å². The molecule has 3 rings (SSSR count). The van der Waals surface area contributed by atoms with Crippen molar-refractivity contribution >= 4 is 34.8 Å². The molecule has 1 heterocycles. The number of rotatable bonds is 3. The van der Waals surface area contributed by atoms with Gasteiger partial charge in [0.2, 0.25) is 5.91 Å². The Kier molecular flexibility index (Phi) is 5.48. The second-order valence-electron chi connectivity index (χ2n) is 6.17. The average molecular weight is 406 g/mol. The summed E-state index contributed by atoms with van der Waals surface area (Å²) < 4.78 is 41.0. The van der Waals surface area contributed by atoms with E-state index in [0.29, 0.717) is 35.7 Å². The Hall–Kier alpha value is -1.73. The highest BCUT2D eigenvalue weighted by atomic mass is 35.5. The van der Waals surface area contributed by atoms with Crippen molar-refractivity contribution in [1.82, 2.24) is 9.78 Å². The van der Waals surface area contributed by atoms with Crippen molar-refractivity contribution in [2.45, 2.75) is 44.8 Å². The number of aromatic nitrogens is 2. The van der Waals surface area contributed by atoms with Crippen molar-refractivity contribution in [3.63, 3.8) is 0 Å². The predicted octanol–water partition coefficient (Wildman–Crippen LogP) is 5.12. The number of amides is 1. The first-order chi connectivity index (χ1) is 12.3. The highest BCUT2D eigenvalue weighted by molar-refractivity contribution is 6.42. The molecule has 9 heteroatoms. The maximum absolute atomic E-state index is 13.3. The molecule has 1 aromatic heterocycles. The number of hydrogen-bond donors (Lipinski definition) is 1. The Labute approximate surface area is 158 Å². The topological polar surface area (TPSA) is 46.9 Å². The molecule has 26 heavy (non-hydrogen) atoms. The molecule has 1 N–H and O–H groups in total. The van der Waals surface area contributed by atoms with Gasteiger partial charge in [-0.05, 0) is 43.9 Å². The standard InChI is InChI=1S/C17H16Cl2F3N3O/c18-12-7-6-10(8-13(12)19)23-15(26)9-25-14-5-3-1-2-4-11(14)16(24-25)17(20,21)22/h6-8H,1-5,9H2,(H,23,26). The van der Waals surface area contributed by atoms with Gasteiger partial charge >= 0.3 is 6.18 Å². The van der Waals surface area contributed by atoms with E-state index in [2.05, 4.69) is 10.4 Å². The molecular weight excluding hydrogens is 390 g/mol. The predicted molar refractivity (Wildman–Crippen MR) is 93.6 cm³/mol. The third-order valence-electron chi connectivity index (χ3n) is 4.27. The van der Waals surface area contributed by atoms with Gasteiger partial charge in [-0.3, -0.25) is 9.48 Å². The summed E-state index contributed by atoms with van der Waals surface area (Å²) in [5.41, 5.74) is 0.256. The van der Waals surface area contributed by atoms with Gasteiger partial charge in [0.05, 0.1) is 10.0 Å². The van der Waals surface area contributed by atoms with E-state index in [9.17, 15) is 18.0 Å². The van der Waals surface area contributed by atoms with Gasteiger partial charge in [0.15, 0.2) is 5.69 Å². The largest absolute Gasteiger partial charge is 0.435 e. The minimum Gasteiger partial charge on any atom is -0.324 e. The highest BCUT2D eigenvalue weighted by Crippen LogP contribution is 2.35. The van der Waals surface area contributed by atoms with E-state index < -0.39 is 17.8 Å². The van der Waals surface area contributed by atoms with Crippen molar-refractivity contribution in [3.05, 3.63) is 45.2 Å². The van der Waals surface area contributed by atoms with E-state index >= 15 is 0 Å². The number of anilines is 1. The fourth-order valence-electron chi connectivity index (χ4n) is 3.12. The molecule has 1 aliphatic rings. The van der Waals surface area contributed by atoms with Crippen LogP contribution in [0.2, 0.25) is 10.0 Å². The maximum Gasteiger partial charge on any atom is 0.435 e. The zero-order chi connectivity index (χ0) is 18.9.